The number of hydrogen-bond acceptors (Lipinski definition) is 3. The van der Waals surface area contributed by atoms with Crippen LogP contribution in [0.1, 0.15) is 16.7 Å². The molecule has 21 heavy (non-hydrogen) atoms. The summed E-state index contributed by atoms with van der Waals surface area (Å²) < 4.78 is 0. The van der Waals surface area contributed by atoms with E-state index in [9.17, 15) is 0 Å². The number of benzene rings is 2. The van der Waals surface area contributed by atoms with Crippen LogP contribution >= 0.6 is 0 Å². The highest BCUT2D eigenvalue weighted by Crippen LogP contribution is 2.29. The number of aromatic nitrogens is 2. The zero-order valence-electron chi connectivity index (χ0n) is 12.9. The fourth-order valence-corrected chi connectivity index (χ4v) is 2.77. The Balaban J connectivity index is 2.37. The summed E-state index contributed by atoms with van der Waals surface area (Å²) in [4.78, 5) is 9.55. The molecule has 0 aliphatic heterocycles. The molecule has 0 atom stereocenters. The number of anilines is 1. The van der Waals surface area contributed by atoms with Crippen molar-refractivity contribution in [1.29, 1.82) is 0 Å². The Bertz CT molecular complexity index is 802. The minimum Gasteiger partial charge on any atom is -0.373 e. The maximum Gasteiger partial charge on any atom is 0.162 e. The maximum atomic E-state index is 4.82. The van der Waals surface area contributed by atoms with Crippen molar-refractivity contribution in [2.45, 2.75) is 20.8 Å². The molecule has 3 rings (SSSR count). The van der Waals surface area contributed by atoms with Crippen LogP contribution in [0.15, 0.2) is 36.4 Å². The van der Waals surface area contributed by atoms with E-state index in [1.54, 1.807) is 0 Å². The third-order valence-corrected chi connectivity index (χ3v) is 3.87. The molecule has 0 aliphatic rings. The molecule has 0 bridgehead atoms. The highest BCUT2D eigenvalue weighted by molar-refractivity contribution is 5.92. The van der Waals surface area contributed by atoms with E-state index in [0.717, 1.165) is 28.1 Å². The fourth-order valence-electron chi connectivity index (χ4n) is 2.77. The van der Waals surface area contributed by atoms with Gasteiger partial charge in [0.15, 0.2) is 5.82 Å². The second kappa shape index (κ2) is 5.17. The van der Waals surface area contributed by atoms with Crippen LogP contribution in [0.25, 0.3) is 22.3 Å². The Morgan fingerprint density at radius 2 is 1.43 bits per heavy atom. The molecule has 0 fully saturated rings. The predicted octanol–water partition coefficient (Wildman–Crippen LogP) is 4.26. The lowest BCUT2D eigenvalue weighted by Crippen LogP contribution is -2.01. The summed E-state index contributed by atoms with van der Waals surface area (Å²) >= 11 is 0. The number of nitrogens with one attached hydrogen (secondary N) is 1. The first-order valence-corrected chi connectivity index (χ1v) is 7.13. The van der Waals surface area contributed by atoms with Crippen LogP contribution < -0.4 is 5.32 Å². The first kappa shape index (κ1) is 13.6. The van der Waals surface area contributed by atoms with E-state index in [-0.39, 0.29) is 0 Å². The van der Waals surface area contributed by atoms with Crippen molar-refractivity contribution in [3.05, 3.63) is 53.1 Å². The summed E-state index contributed by atoms with van der Waals surface area (Å²) in [5, 5.41) is 4.26. The SMILES string of the molecule is CNc1nc(-c2c(C)cccc2C)nc2c(C)cccc12. The van der Waals surface area contributed by atoms with Gasteiger partial charge in [-0.2, -0.15) is 0 Å². The van der Waals surface area contributed by atoms with E-state index in [0.29, 0.717) is 0 Å². The quantitative estimate of drug-likeness (QED) is 0.760. The normalized spacial score (nSPS) is 10.9. The average molecular weight is 277 g/mol. The number of fused-ring (bicyclic) bond motifs is 1. The lowest BCUT2D eigenvalue weighted by Gasteiger charge is -2.13. The molecule has 0 unspecified atom stereocenters. The maximum absolute atomic E-state index is 4.82. The van der Waals surface area contributed by atoms with Gasteiger partial charge < -0.3 is 5.32 Å². The van der Waals surface area contributed by atoms with Crippen LogP contribution in [0.5, 0.6) is 0 Å². The largest absolute Gasteiger partial charge is 0.373 e. The number of aryl methyl sites for hydroxylation is 3. The minimum atomic E-state index is 0.789. The highest BCUT2D eigenvalue weighted by Gasteiger charge is 2.13. The van der Waals surface area contributed by atoms with Crippen molar-refractivity contribution in [2.24, 2.45) is 0 Å². The van der Waals surface area contributed by atoms with E-state index < -0.39 is 0 Å². The van der Waals surface area contributed by atoms with Gasteiger partial charge in [0.05, 0.1) is 5.52 Å². The molecule has 0 spiro atoms. The Labute approximate surface area is 125 Å². The smallest absolute Gasteiger partial charge is 0.162 e. The second-order valence-corrected chi connectivity index (χ2v) is 5.38. The highest BCUT2D eigenvalue weighted by atomic mass is 15.0. The zero-order chi connectivity index (χ0) is 15.0. The van der Waals surface area contributed by atoms with Crippen molar-refractivity contribution in [3.63, 3.8) is 0 Å². The zero-order valence-corrected chi connectivity index (χ0v) is 12.9. The van der Waals surface area contributed by atoms with Gasteiger partial charge in [0, 0.05) is 18.0 Å². The van der Waals surface area contributed by atoms with E-state index in [1.165, 1.54) is 16.7 Å². The van der Waals surface area contributed by atoms with E-state index >= 15 is 0 Å². The topological polar surface area (TPSA) is 37.8 Å². The summed E-state index contributed by atoms with van der Waals surface area (Å²) in [7, 11) is 1.90. The van der Waals surface area contributed by atoms with Crippen LogP contribution in [0, 0.1) is 20.8 Å². The van der Waals surface area contributed by atoms with Crippen LogP contribution in [0.2, 0.25) is 0 Å². The molecule has 0 amide bonds. The van der Waals surface area contributed by atoms with Gasteiger partial charge in [-0.3, -0.25) is 0 Å². The summed E-state index contributed by atoms with van der Waals surface area (Å²) in [6.45, 7) is 6.29. The van der Waals surface area contributed by atoms with Crippen LogP contribution in [-0.2, 0) is 0 Å². The van der Waals surface area contributed by atoms with Crippen LogP contribution in [-0.4, -0.2) is 17.0 Å². The third-order valence-electron chi connectivity index (χ3n) is 3.87. The molecule has 0 saturated carbocycles. The fraction of sp³-hybridized carbons (Fsp3) is 0.222. The number of hydrogen-bond donors (Lipinski definition) is 1. The van der Waals surface area contributed by atoms with Crippen molar-refractivity contribution in [3.8, 4) is 11.4 Å². The monoisotopic (exact) mass is 277 g/mol. The first-order valence-electron chi connectivity index (χ1n) is 7.13. The summed E-state index contributed by atoms with van der Waals surface area (Å²) in [5.41, 5.74) is 5.70. The number of nitrogens with zero attached hydrogens (tertiary/aromatic N) is 2. The summed E-state index contributed by atoms with van der Waals surface area (Å²) in [5.74, 6) is 1.66. The standard InChI is InChI=1S/C18H19N3/c1-11-7-5-8-12(2)15(11)18-20-16-13(3)9-6-10-14(16)17(19-4)21-18/h5-10H,1-4H3,(H,19,20,21). The van der Waals surface area contributed by atoms with Gasteiger partial charge in [-0.05, 0) is 43.5 Å². The molecule has 1 N–H and O–H groups in total. The lowest BCUT2D eigenvalue weighted by molar-refractivity contribution is 1.18. The first-order chi connectivity index (χ1) is 10.1. The average Bonchev–Trinajstić information content (AvgIpc) is 2.47. The van der Waals surface area contributed by atoms with Crippen molar-refractivity contribution in [2.75, 3.05) is 12.4 Å². The van der Waals surface area contributed by atoms with Gasteiger partial charge in [0.1, 0.15) is 5.82 Å². The molecule has 2 aromatic carbocycles. The van der Waals surface area contributed by atoms with Gasteiger partial charge >= 0.3 is 0 Å². The summed E-state index contributed by atoms with van der Waals surface area (Å²) in [6, 6.07) is 12.5. The molecular weight excluding hydrogens is 258 g/mol. The van der Waals surface area contributed by atoms with Gasteiger partial charge in [-0.25, -0.2) is 9.97 Å². The second-order valence-electron chi connectivity index (χ2n) is 5.38. The molecule has 3 heteroatoms. The molecule has 3 aromatic rings. The Morgan fingerprint density at radius 1 is 0.810 bits per heavy atom. The molecule has 106 valence electrons. The molecule has 0 saturated heterocycles. The van der Waals surface area contributed by atoms with Crippen LogP contribution in [0.4, 0.5) is 5.82 Å². The Hall–Kier alpha value is -2.42. The van der Waals surface area contributed by atoms with Gasteiger partial charge in [-0.15, -0.1) is 0 Å². The minimum absolute atomic E-state index is 0.789. The Kier molecular flexibility index (Phi) is 3.34. The summed E-state index contributed by atoms with van der Waals surface area (Å²) in [6.07, 6.45) is 0. The van der Waals surface area contributed by atoms with E-state index in [4.69, 9.17) is 9.97 Å². The number of para-hydroxylation sites is 1. The van der Waals surface area contributed by atoms with Gasteiger partial charge in [0.2, 0.25) is 0 Å². The molecular formula is C18H19N3. The van der Waals surface area contributed by atoms with Crippen molar-refractivity contribution in [1.82, 2.24) is 9.97 Å². The number of rotatable bonds is 2. The molecule has 0 radical (unpaired) electrons. The lowest BCUT2D eigenvalue weighted by atomic mass is 10.0. The third kappa shape index (κ3) is 2.25. The van der Waals surface area contributed by atoms with Gasteiger partial charge in [-0.1, -0.05) is 30.3 Å². The van der Waals surface area contributed by atoms with Crippen LogP contribution in [0.3, 0.4) is 0 Å². The molecule has 1 aromatic heterocycles. The molecule has 3 nitrogen and oxygen atoms in total. The molecule has 1 heterocycles. The van der Waals surface area contributed by atoms with E-state index in [1.807, 2.05) is 13.1 Å². The van der Waals surface area contributed by atoms with Crippen molar-refractivity contribution >= 4 is 16.7 Å². The Morgan fingerprint density at radius 3 is 2.10 bits per heavy atom. The molecule has 0 aliphatic carbocycles. The van der Waals surface area contributed by atoms with Crippen molar-refractivity contribution < 1.29 is 0 Å². The van der Waals surface area contributed by atoms with E-state index in [2.05, 4.69) is 56.4 Å². The predicted molar refractivity (Wildman–Crippen MR) is 88.7 cm³/mol. The van der Waals surface area contributed by atoms with Gasteiger partial charge in [0.25, 0.3) is 0 Å².